The fourth-order valence-electron chi connectivity index (χ4n) is 1.22. The Morgan fingerprint density at radius 1 is 1.54 bits per heavy atom. The van der Waals surface area contributed by atoms with E-state index < -0.39 is 0 Å². The number of thiophene rings is 1. The molecule has 0 radical (unpaired) electrons. The summed E-state index contributed by atoms with van der Waals surface area (Å²) in [6.45, 7) is 6.46. The summed E-state index contributed by atoms with van der Waals surface area (Å²) < 4.78 is 0. The van der Waals surface area contributed by atoms with Crippen LogP contribution in [0.25, 0.3) is 0 Å². The van der Waals surface area contributed by atoms with E-state index in [0.29, 0.717) is 5.92 Å². The van der Waals surface area contributed by atoms with Crippen LogP contribution in [0.15, 0.2) is 11.4 Å². The van der Waals surface area contributed by atoms with Gasteiger partial charge in [-0.15, -0.1) is 17.3 Å². The molecule has 1 unspecified atom stereocenters. The Morgan fingerprint density at radius 3 is 2.85 bits per heavy atom. The molecule has 0 aliphatic heterocycles. The van der Waals surface area contributed by atoms with Crippen LogP contribution in [0.3, 0.4) is 0 Å². The summed E-state index contributed by atoms with van der Waals surface area (Å²) >= 11 is 1.84. The molecule has 1 aromatic heterocycles. The minimum absolute atomic E-state index is 0.497. The van der Waals surface area contributed by atoms with Crippen molar-refractivity contribution in [1.82, 2.24) is 0 Å². The maximum absolute atomic E-state index is 3.25. The van der Waals surface area contributed by atoms with Crippen molar-refractivity contribution < 1.29 is 0 Å². The quantitative estimate of drug-likeness (QED) is 0.627. The van der Waals surface area contributed by atoms with E-state index in [2.05, 4.69) is 44.1 Å². The van der Waals surface area contributed by atoms with E-state index >= 15 is 0 Å². The molecule has 0 bridgehead atoms. The Morgan fingerprint density at radius 2 is 2.31 bits per heavy atom. The first kappa shape index (κ1) is 10.3. The van der Waals surface area contributed by atoms with Crippen LogP contribution in [0.2, 0.25) is 0 Å². The highest BCUT2D eigenvalue weighted by molar-refractivity contribution is 7.10. The third-order valence-electron chi connectivity index (χ3n) is 1.98. The Hall–Kier alpha value is -0.740. The molecule has 0 fully saturated rings. The van der Waals surface area contributed by atoms with Gasteiger partial charge in [-0.25, -0.2) is 0 Å². The SMILES string of the molecule is CCC#CC(C)Cc1sccc1C. The van der Waals surface area contributed by atoms with Crippen LogP contribution in [-0.2, 0) is 6.42 Å². The van der Waals surface area contributed by atoms with Gasteiger partial charge >= 0.3 is 0 Å². The standard InChI is InChI=1S/C12H16S/c1-4-5-6-10(2)9-12-11(3)7-8-13-12/h7-8,10H,4,9H2,1-3H3. The summed E-state index contributed by atoms with van der Waals surface area (Å²) in [5, 5.41) is 2.16. The lowest BCUT2D eigenvalue weighted by atomic mass is 10.1. The monoisotopic (exact) mass is 192 g/mol. The molecule has 0 aliphatic rings. The van der Waals surface area contributed by atoms with Crippen LogP contribution in [0.5, 0.6) is 0 Å². The molecular formula is C12H16S. The average molecular weight is 192 g/mol. The first-order chi connectivity index (χ1) is 6.24. The van der Waals surface area contributed by atoms with Crippen LogP contribution in [-0.4, -0.2) is 0 Å². The summed E-state index contributed by atoms with van der Waals surface area (Å²) in [4.78, 5) is 1.48. The highest BCUT2D eigenvalue weighted by atomic mass is 32.1. The fourth-order valence-corrected chi connectivity index (χ4v) is 2.26. The maximum atomic E-state index is 3.25. The van der Waals surface area contributed by atoms with Crippen LogP contribution in [0, 0.1) is 24.7 Å². The van der Waals surface area contributed by atoms with Gasteiger partial charge in [0.2, 0.25) is 0 Å². The lowest BCUT2D eigenvalue weighted by molar-refractivity contribution is 0.756. The zero-order valence-electron chi connectivity index (χ0n) is 8.55. The average Bonchev–Trinajstić information content (AvgIpc) is 2.48. The van der Waals surface area contributed by atoms with Gasteiger partial charge in [0.25, 0.3) is 0 Å². The van der Waals surface area contributed by atoms with Gasteiger partial charge in [-0.05, 0) is 30.4 Å². The minimum Gasteiger partial charge on any atom is -0.149 e. The van der Waals surface area contributed by atoms with Crippen molar-refractivity contribution in [2.75, 3.05) is 0 Å². The number of aryl methyl sites for hydroxylation is 1. The molecule has 1 heteroatoms. The second-order valence-corrected chi connectivity index (χ2v) is 4.31. The van der Waals surface area contributed by atoms with Crippen molar-refractivity contribution in [2.24, 2.45) is 5.92 Å². The Kier molecular flexibility index (Phi) is 4.05. The van der Waals surface area contributed by atoms with E-state index in [0.717, 1.165) is 12.8 Å². The largest absolute Gasteiger partial charge is 0.149 e. The Bertz CT molecular complexity index is 311. The van der Waals surface area contributed by atoms with Gasteiger partial charge in [0, 0.05) is 17.2 Å². The first-order valence-corrected chi connectivity index (χ1v) is 5.63. The smallest absolute Gasteiger partial charge is 0.0222 e. The Balaban J connectivity index is 2.54. The second kappa shape index (κ2) is 5.09. The van der Waals surface area contributed by atoms with Crippen molar-refractivity contribution >= 4 is 11.3 Å². The summed E-state index contributed by atoms with van der Waals surface area (Å²) in [6.07, 6.45) is 2.07. The molecule has 0 spiro atoms. The number of hydrogen-bond donors (Lipinski definition) is 0. The molecular weight excluding hydrogens is 176 g/mol. The predicted octanol–water partition coefficient (Wildman–Crippen LogP) is 3.65. The zero-order chi connectivity index (χ0) is 9.68. The third-order valence-corrected chi connectivity index (χ3v) is 3.03. The van der Waals surface area contributed by atoms with Crippen molar-refractivity contribution in [1.29, 1.82) is 0 Å². The molecule has 0 saturated carbocycles. The van der Waals surface area contributed by atoms with Gasteiger partial charge in [-0.3, -0.25) is 0 Å². The van der Waals surface area contributed by atoms with Crippen molar-refractivity contribution in [3.05, 3.63) is 21.9 Å². The molecule has 70 valence electrons. The molecule has 0 aliphatic carbocycles. The fraction of sp³-hybridized carbons (Fsp3) is 0.500. The van der Waals surface area contributed by atoms with E-state index in [1.165, 1.54) is 10.4 Å². The molecule has 1 heterocycles. The van der Waals surface area contributed by atoms with Crippen molar-refractivity contribution in [2.45, 2.75) is 33.6 Å². The summed E-state index contributed by atoms with van der Waals surface area (Å²) in [5.74, 6) is 6.89. The van der Waals surface area contributed by atoms with E-state index in [9.17, 15) is 0 Å². The van der Waals surface area contributed by atoms with Crippen molar-refractivity contribution in [3.63, 3.8) is 0 Å². The van der Waals surface area contributed by atoms with Gasteiger partial charge in [0.15, 0.2) is 0 Å². The second-order valence-electron chi connectivity index (χ2n) is 3.31. The van der Waals surface area contributed by atoms with Crippen LogP contribution >= 0.6 is 11.3 Å². The number of hydrogen-bond acceptors (Lipinski definition) is 1. The summed E-state index contributed by atoms with van der Waals surface area (Å²) in [6, 6.07) is 2.18. The van der Waals surface area contributed by atoms with Crippen LogP contribution in [0.4, 0.5) is 0 Å². The molecule has 13 heavy (non-hydrogen) atoms. The van der Waals surface area contributed by atoms with Gasteiger partial charge in [-0.1, -0.05) is 19.8 Å². The minimum atomic E-state index is 0.497. The van der Waals surface area contributed by atoms with E-state index in [1.54, 1.807) is 0 Å². The van der Waals surface area contributed by atoms with Crippen LogP contribution < -0.4 is 0 Å². The lowest BCUT2D eigenvalue weighted by Gasteiger charge is -2.02. The normalized spacial score (nSPS) is 11.9. The zero-order valence-corrected chi connectivity index (χ0v) is 9.37. The molecule has 1 aromatic rings. The predicted molar refractivity (Wildman–Crippen MR) is 60.0 cm³/mol. The third kappa shape index (κ3) is 3.24. The maximum Gasteiger partial charge on any atom is 0.0222 e. The number of rotatable bonds is 2. The van der Waals surface area contributed by atoms with E-state index in [-0.39, 0.29) is 0 Å². The van der Waals surface area contributed by atoms with Crippen LogP contribution in [0.1, 0.15) is 30.7 Å². The summed E-state index contributed by atoms with van der Waals surface area (Å²) in [5.41, 5.74) is 1.41. The molecule has 0 saturated heterocycles. The lowest BCUT2D eigenvalue weighted by Crippen LogP contribution is -1.95. The highest BCUT2D eigenvalue weighted by Gasteiger charge is 2.03. The molecule has 0 amide bonds. The molecule has 0 aromatic carbocycles. The summed E-state index contributed by atoms with van der Waals surface area (Å²) in [7, 11) is 0. The molecule has 1 rings (SSSR count). The first-order valence-electron chi connectivity index (χ1n) is 4.75. The van der Waals surface area contributed by atoms with E-state index in [1.807, 2.05) is 11.3 Å². The Labute approximate surface area is 85.0 Å². The topological polar surface area (TPSA) is 0 Å². The van der Waals surface area contributed by atoms with Gasteiger partial charge < -0.3 is 0 Å². The molecule has 1 atom stereocenters. The van der Waals surface area contributed by atoms with Gasteiger partial charge in [0.05, 0.1) is 0 Å². The highest BCUT2D eigenvalue weighted by Crippen LogP contribution is 2.19. The van der Waals surface area contributed by atoms with E-state index in [4.69, 9.17) is 0 Å². The van der Waals surface area contributed by atoms with Gasteiger partial charge in [0.1, 0.15) is 0 Å². The van der Waals surface area contributed by atoms with Gasteiger partial charge in [-0.2, -0.15) is 0 Å². The van der Waals surface area contributed by atoms with Crippen molar-refractivity contribution in [3.8, 4) is 11.8 Å². The molecule has 0 N–H and O–H groups in total. The molecule has 0 nitrogen and oxygen atoms in total.